The van der Waals surface area contributed by atoms with Gasteiger partial charge in [0.1, 0.15) is 12.7 Å². The first-order valence-electron chi connectivity index (χ1n) is 9.07. The molecule has 1 aliphatic carbocycles. The Balaban J connectivity index is 1.45. The fourth-order valence-electron chi connectivity index (χ4n) is 3.32. The van der Waals surface area contributed by atoms with Crippen LogP contribution in [-0.4, -0.2) is 51.4 Å². The van der Waals surface area contributed by atoms with Gasteiger partial charge in [0.05, 0.1) is 17.4 Å². The lowest BCUT2D eigenvalue weighted by Crippen LogP contribution is -2.41. The van der Waals surface area contributed by atoms with Gasteiger partial charge in [0, 0.05) is 19.7 Å². The van der Waals surface area contributed by atoms with Crippen molar-refractivity contribution >= 4 is 5.91 Å². The summed E-state index contributed by atoms with van der Waals surface area (Å²) in [4.78, 5) is 15.0. The second-order valence-electron chi connectivity index (χ2n) is 7.16. The van der Waals surface area contributed by atoms with E-state index in [-0.39, 0.29) is 5.91 Å². The van der Waals surface area contributed by atoms with Gasteiger partial charge in [-0.25, -0.2) is 0 Å². The monoisotopic (exact) mass is 340 g/mol. The fraction of sp³-hybridized carbons (Fsp3) is 0.526. The molecule has 6 nitrogen and oxygen atoms in total. The molecule has 1 aromatic heterocycles. The lowest BCUT2D eigenvalue weighted by Gasteiger charge is -2.32. The number of carbonyl (C=O) groups excluding carboxylic acids is 1. The highest BCUT2D eigenvalue weighted by Crippen LogP contribution is 2.30. The van der Waals surface area contributed by atoms with E-state index in [0.29, 0.717) is 11.7 Å². The van der Waals surface area contributed by atoms with E-state index < -0.39 is 0 Å². The first-order chi connectivity index (χ1) is 12.2. The summed E-state index contributed by atoms with van der Waals surface area (Å²) < 4.78 is 7.77. The lowest BCUT2D eigenvalue weighted by molar-refractivity contribution is 0.00411. The van der Waals surface area contributed by atoms with Crippen LogP contribution in [0.5, 0.6) is 0 Å². The molecule has 2 heterocycles. The predicted molar refractivity (Wildman–Crippen MR) is 93.7 cm³/mol. The summed E-state index contributed by atoms with van der Waals surface area (Å²) in [7, 11) is 0. The fourth-order valence-corrected chi connectivity index (χ4v) is 3.32. The number of carbonyl (C=O) groups is 1. The van der Waals surface area contributed by atoms with E-state index >= 15 is 0 Å². The smallest absolute Gasteiger partial charge is 0.255 e. The van der Waals surface area contributed by atoms with E-state index in [0.717, 1.165) is 49.7 Å². The number of ether oxygens (including phenoxy) is 1. The van der Waals surface area contributed by atoms with E-state index in [4.69, 9.17) is 4.74 Å². The van der Waals surface area contributed by atoms with Crippen molar-refractivity contribution in [2.75, 3.05) is 19.7 Å². The van der Waals surface area contributed by atoms with Gasteiger partial charge in [0.15, 0.2) is 0 Å². The third-order valence-corrected chi connectivity index (χ3v) is 5.07. The summed E-state index contributed by atoms with van der Waals surface area (Å²) in [6, 6.07) is 5.91. The van der Waals surface area contributed by atoms with Gasteiger partial charge in [-0.2, -0.15) is 0 Å². The summed E-state index contributed by atoms with van der Waals surface area (Å²) >= 11 is 0. The Hall–Kier alpha value is -2.21. The SMILES string of the molecule is Cc1ccc(-n2cnnc2)c(C(=O)N2CCC(OCC3CC3)CC2)c1. The Morgan fingerprint density at radius 2 is 1.88 bits per heavy atom. The van der Waals surface area contributed by atoms with Crippen LogP contribution in [0.3, 0.4) is 0 Å². The maximum absolute atomic E-state index is 13.1. The van der Waals surface area contributed by atoms with Crippen molar-refractivity contribution in [3.63, 3.8) is 0 Å². The number of amides is 1. The van der Waals surface area contributed by atoms with Crippen LogP contribution in [0.15, 0.2) is 30.9 Å². The third-order valence-electron chi connectivity index (χ3n) is 5.07. The molecular weight excluding hydrogens is 316 g/mol. The highest BCUT2D eigenvalue weighted by atomic mass is 16.5. The molecule has 0 atom stereocenters. The minimum Gasteiger partial charge on any atom is -0.378 e. The first-order valence-corrected chi connectivity index (χ1v) is 9.07. The Morgan fingerprint density at radius 3 is 2.56 bits per heavy atom. The molecule has 132 valence electrons. The van der Waals surface area contributed by atoms with Gasteiger partial charge in [-0.1, -0.05) is 11.6 Å². The van der Waals surface area contributed by atoms with Gasteiger partial charge in [-0.05, 0) is 50.7 Å². The molecule has 0 bridgehead atoms. The molecule has 0 spiro atoms. The van der Waals surface area contributed by atoms with E-state index in [1.807, 2.05) is 30.0 Å². The second-order valence-corrected chi connectivity index (χ2v) is 7.16. The molecule has 4 rings (SSSR count). The van der Waals surface area contributed by atoms with E-state index in [1.54, 1.807) is 17.2 Å². The zero-order valence-corrected chi connectivity index (χ0v) is 14.6. The predicted octanol–water partition coefficient (Wildman–Crippen LogP) is 2.61. The Bertz CT molecular complexity index is 732. The summed E-state index contributed by atoms with van der Waals surface area (Å²) in [6.07, 6.45) is 8.03. The van der Waals surface area contributed by atoms with Crippen LogP contribution in [-0.2, 0) is 4.74 Å². The average molecular weight is 340 g/mol. The van der Waals surface area contributed by atoms with Gasteiger partial charge in [0.2, 0.25) is 0 Å². The molecule has 1 aromatic carbocycles. The molecule has 25 heavy (non-hydrogen) atoms. The Morgan fingerprint density at radius 1 is 1.16 bits per heavy atom. The molecule has 0 radical (unpaired) electrons. The van der Waals surface area contributed by atoms with E-state index in [1.165, 1.54) is 12.8 Å². The van der Waals surface area contributed by atoms with Crippen molar-refractivity contribution in [2.24, 2.45) is 5.92 Å². The number of hydrogen-bond acceptors (Lipinski definition) is 4. The van der Waals surface area contributed by atoms with Gasteiger partial charge in [-0.3, -0.25) is 9.36 Å². The van der Waals surface area contributed by atoms with Crippen LogP contribution in [0.25, 0.3) is 5.69 Å². The minimum atomic E-state index is 0.0769. The molecule has 2 aliphatic rings. The highest BCUT2D eigenvalue weighted by molar-refractivity contribution is 5.98. The summed E-state index contributed by atoms with van der Waals surface area (Å²) in [5.41, 5.74) is 2.60. The van der Waals surface area contributed by atoms with Crippen LogP contribution in [0.1, 0.15) is 41.6 Å². The van der Waals surface area contributed by atoms with Crippen LogP contribution in [0.2, 0.25) is 0 Å². The largest absolute Gasteiger partial charge is 0.378 e. The summed E-state index contributed by atoms with van der Waals surface area (Å²) in [5.74, 6) is 0.867. The van der Waals surface area contributed by atoms with Crippen LogP contribution in [0, 0.1) is 12.8 Å². The van der Waals surface area contributed by atoms with Crippen molar-refractivity contribution < 1.29 is 9.53 Å². The number of piperidine rings is 1. The lowest BCUT2D eigenvalue weighted by atomic mass is 10.0. The molecule has 1 saturated heterocycles. The van der Waals surface area contributed by atoms with Crippen molar-refractivity contribution in [1.82, 2.24) is 19.7 Å². The normalized spacial score (nSPS) is 18.5. The van der Waals surface area contributed by atoms with Gasteiger partial charge in [0.25, 0.3) is 5.91 Å². The van der Waals surface area contributed by atoms with Gasteiger partial charge in [-0.15, -0.1) is 10.2 Å². The standard InChI is InChI=1S/C19H24N4O2/c1-14-2-5-18(23-12-20-21-13-23)17(10-14)19(24)22-8-6-16(7-9-22)25-11-15-3-4-15/h2,5,10,12-13,15-16H,3-4,6-9,11H2,1H3. The quantitative estimate of drug-likeness (QED) is 0.839. The number of rotatable bonds is 5. The maximum atomic E-state index is 13.1. The zero-order chi connectivity index (χ0) is 17.2. The number of nitrogens with zero attached hydrogens (tertiary/aromatic N) is 4. The van der Waals surface area contributed by atoms with Crippen molar-refractivity contribution in [3.05, 3.63) is 42.0 Å². The third kappa shape index (κ3) is 3.74. The maximum Gasteiger partial charge on any atom is 0.255 e. The summed E-state index contributed by atoms with van der Waals surface area (Å²) in [5, 5.41) is 7.71. The number of benzene rings is 1. The van der Waals surface area contributed by atoms with E-state index in [2.05, 4.69) is 10.2 Å². The minimum absolute atomic E-state index is 0.0769. The zero-order valence-electron chi connectivity index (χ0n) is 14.6. The molecule has 0 unspecified atom stereocenters. The molecule has 0 N–H and O–H groups in total. The molecule has 2 aromatic rings. The highest BCUT2D eigenvalue weighted by Gasteiger charge is 2.28. The summed E-state index contributed by atoms with van der Waals surface area (Å²) in [6.45, 7) is 4.41. The average Bonchev–Trinajstić information content (AvgIpc) is 3.31. The van der Waals surface area contributed by atoms with Crippen molar-refractivity contribution in [2.45, 2.75) is 38.7 Å². The van der Waals surface area contributed by atoms with Crippen LogP contribution < -0.4 is 0 Å². The molecule has 2 fully saturated rings. The van der Waals surface area contributed by atoms with Crippen LogP contribution in [0.4, 0.5) is 0 Å². The van der Waals surface area contributed by atoms with Crippen molar-refractivity contribution in [3.8, 4) is 5.69 Å². The number of hydrogen-bond donors (Lipinski definition) is 0. The van der Waals surface area contributed by atoms with Gasteiger partial charge < -0.3 is 9.64 Å². The van der Waals surface area contributed by atoms with E-state index in [9.17, 15) is 4.79 Å². The van der Waals surface area contributed by atoms with Crippen LogP contribution >= 0.6 is 0 Å². The second kappa shape index (κ2) is 6.96. The molecule has 1 saturated carbocycles. The number of likely N-dealkylation sites (tertiary alicyclic amines) is 1. The topological polar surface area (TPSA) is 60.2 Å². The molecule has 6 heteroatoms. The Kier molecular flexibility index (Phi) is 4.53. The molecule has 1 aliphatic heterocycles. The molecular formula is C19H24N4O2. The number of aryl methyl sites for hydroxylation is 1. The number of aromatic nitrogens is 3. The van der Waals surface area contributed by atoms with Gasteiger partial charge >= 0.3 is 0 Å². The van der Waals surface area contributed by atoms with Crippen molar-refractivity contribution in [1.29, 1.82) is 0 Å². The first kappa shape index (κ1) is 16.3. The molecule has 1 amide bonds. The Labute approximate surface area is 147 Å².